The van der Waals surface area contributed by atoms with E-state index in [-0.39, 0.29) is 12.0 Å². The first-order valence-electron chi connectivity index (χ1n) is 10.1. The van der Waals surface area contributed by atoms with Crippen LogP contribution in [0.25, 0.3) is 10.2 Å². The lowest BCUT2D eigenvalue weighted by molar-refractivity contribution is -0.130. The first-order valence-corrected chi connectivity index (χ1v) is 11.9. The number of thiazole rings is 1. The Balaban J connectivity index is 1.27. The fourth-order valence-electron chi connectivity index (χ4n) is 3.56. The molecule has 0 spiro atoms. The number of thioether (sulfide) groups is 1. The Hall–Kier alpha value is -2.25. The van der Waals surface area contributed by atoms with Crippen molar-refractivity contribution in [1.29, 1.82) is 0 Å². The van der Waals surface area contributed by atoms with Crippen LogP contribution in [0.2, 0.25) is 0 Å². The third-order valence-corrected chi connectivity index (χ3v) is 7.48. The lowest BCUT2D eigenvalue weighted by Gasteiger charge is -2.31. The topological polar surface area (TPSA) is 51.7 Å². The van der Waals surface area contributed by atoms with Crippen LogP contribution >= 0.6 is 23.1 Å². The van der Waals surface area contributed by atoms with Crippen molar-refractivity contribution in [3.63, 3.8) is 0 Å². The van der Waals surface area contributed by atoms with Gasteiger partial charge in [0, 0.05) is 30.8 Å². The maximum Gasteiger partial charge on any atom is 0.274 e. The van der Waals surface area contributed by atoms with E-state index < -0.39 is 0 Å². The Morgan fingerprint density at radius 1 is 1.13 bits per heavy atom. The molecule has 0 N–H and O–H groups in total. The third kappa shape index (κ3) is 4.73. The summed E-state index contributed by atoms with van der Waals surface area (Å²) in [6.07, 6.45) is 1.80. The Morgan fingerprint density at radius 3 is 2.50 bits per heavy atom. The van der Waals surface area contributed by atoms with Crippen LogP contribution in [-0.4, -0.2) is 47.8 Å². The number of methoxy groups -OCH3 is 1. The van der Waals surface area contributed by atoms with Gasteiger partial charge >= 0.3 is 0 Å². The molecule has 1 amide bonds. The molecule has 0 bridgehead atoms. The number of fused-ring (bicyclic) bond motifs is 1. The molecule has 0 saturated carbocycles. The molecular weight excluding hydrogens is 416 g/mol. The molecule has 30 heavy (non-hydrogen) atoms. The molecule has 158 valence electrons. The van der Waals surface area contributed by atoms with Gasteiger partial charge in [-0.05, 0) is 49.2 Å². The molecule has 0 radical (unpaired) electrons. The minimum atomic E-state index is 0.115. The van der Waals surface area contributed by atoms with Crippen molar-refractivity contribution in [1.82, 2.24) is 9.88 Å². The van der Waals surface area contributed by atoms with Gasteiger partial charge in [0.05, 0.1) is 23.1 Å². The molecule has 1 fully saturated rings. The molecule has 3 aromatic rings. The normalized spacial score (nSPS) is 14.8. The van der Waals surface area contributed by atoms with Crippen molar-refractivity contribution < 1.29 is 14.3 Å². The van der Waals surface area contributed by atoms with Crippen molar-refractivity contribution in [2.24, 2.45) is 0 Å². The Morgan fingerprint density at radius 2 is 1.83 bits per heavy atom. The monoisotopic (exact) mass is 442 g/mol. The second kappa shape index (κ2) is 9.27. The highest BCUT2D eigenvalue weighted by Crippen LogP contribution is 2.33. The third-order valence-electron chi connectivity index (χ3n) is 5.41. The van der Waals surface area contributed by atoms with E-state index in [4.69, 9.17) is 14.5 Å². The summed E-state index contributed by atoms with van der Waals surface area (Å²) in [7, 11) is 1.65. The average molecular weight is 443 g/mol. The van der Waals surface area contributed by atoms with Gasteiger partial charge in [0.15, 0.2) is 0 Å². The molecular formula is C23H26N2O3S2. The fraction of sp³-hybridized carbons (Fsp3) is 0.391. The molecule has 1 aliphatic rings. The van der Waals surface area contributed by atoms with E-state index >= 15 is 0 Å². The van der Waals surface area contributed by atoms with E-state index in [0.29, 0.717) is 5.75 Å². The lowest BCUT2D eigenvalue weighted by atomic mass is 10.1. The van der Waals surface area contributed by atoms with Gasteiger partial charge in [-0.1, -0.05) is 23.5 Å². The maximum absolute atomic E-state index is 12.6. The Bertz CT molecular complexity index is 986. The average Bonchev–Trinajstić information content (AvgIpc) is 3.20. The van der Waals surface area contributed by atoms with Gasteiger partial charge in [0.2, 0.25) is 5.91 Å². The number of rotatable bonds is 6. The number of carbonyl (C=O) groups excluding carboxylic acids is 1. The molecule has 5 nitrogen and oxygen atoms in total. The zero-order chi connectivity index (χ0) is 21.1. The number of aryl methyl sites for hydroxylation is 2. The summed E-state index contributed by atoms with van der Waals surface area (Å²) in [5, 5.41) is 0.738. The van der Waals surface area contributed by atoms with E-state index in [1.807, 2.05) is 29.2 Å². The van der Waals surface area contributed by atoms with Gasteiger partial charge < -0.3 is 14.4 Å². The molecule has 4 rings (SSSR count). The number of hydrogen-bond acceptors (Lipinski definition) is 6. The SMILES string of the molecule is COc1ccc(SCC(=O)N2CCC(Oc3nc4c(C)ccc(C)c4s3)CC2)cc1. The largest absolute Gasteiger partial charge is 0.497 e. The summed E-state index contributed by atoms with van der Waals surface area (Å²) in [5.74, 6) is 1.46. The van der Waals surface area contributed by atoms with Crippen LogP contribution in [0.15, 0.2) is 41.3 Å². The van der Waals surface area contributed by atoms with Crippen molar-refractivity contribution in [3.05, 3.63) is 47.5 Å². The number of nitrogens with zero attached hydrogens (tertiary/aromatic N) is 2. The lowest BCUT2D eigenvalue weighted by Crippen LogP contribution is -2.42. The first kappa shape index (κ1) is 21.0. The molecule has 1 saturated heterocycles. The molecule has 7 heteroatoms. The van der Waals surface area contributed by atoms with E-state index in [1.54, 1.807) is 30.2 Å². The van der Waals surface area contributed by atoms with Crippen molar-refractivity contribution in [2.45, 2.75) is 37.7 Å². The van der Waals surface area contributed by atoms with Crippen LogP contribution in [-0.2, 0) is 4.79 Å². The number of piperidine rings is 1. The van der Waals surface area contributed by atoms with E-state index in [1.165, 1.54) is 15.8 Å². The minimum Gasteiger partial charge on any atom is -0.497 e. The number of hydrogen-bond donors (Lipinski definition) is 0. The number of amides is 1. The molecule has 2 heterocycles. The highest BCUT2D eigenvalue weighted by Gasteiger charge is 2.25. The van der Waals surface area contributed by atoms with E-state index in [2.05, 4.69) is 26.0 Å². The van der Waals surface area contributed by atoms with Gasteiger partial charge in [-0.25, -0.2) is 4.98 Å². The fourth-order valence-corrected chi connectivity index (χ4v) is 5.39. The molecule has 0 atom stereocenters. The van der Waals surface area contributed by atoms with Crippen LogP contribution in [0.4, 0.5) is 0 Å². The number of benzene rings is 2. The summed E-state index contributed by atoms with van der Waals surface area (Å²) in [5.41, 5.74) is 3.45. The summed E-state index contributed by atoms with van der Waals surface area (Å²) < 4.78 is 12.6. The first-order chi connectivity index (χ1) is 14.5. The second-order valence-electron chi connectivity index (χ2n) is 7.52. The number of aromatic nitrogens is 1. The quantitative estimate of drug-likeness (QED) is 0.498. The second-order valence-corrected chi connectivity index (χ2v) is 9.53. The number of likely N-dealkylation sites (tertiary alicyclic amines) is 1. The van der Waals surface area contributed by atoms with Crippen molar-refractivity contribution in [3.8, 4) is 10.9 Å². The predicted octanol–water partition coefficient (Wildman–Crippen LogP) is 5.08. The van der Waals surface area contributed by atoms with Crippen LogP contribution in [0, 0.1) is 13.8 Å². The smallest absolute Gasteiger partial charge is 0.274 e. The van der Waals surface area contributed by atoms with Crippen LogP contribution in [0.5, 0.6) is 10.9 Å². The minimum absolute atomic E-state index is 0.115. The Labute approximate surface area is 185 Å². The summed E-state index contributed by atoms with van der Waals surface area (Å²) in [6.45, 7) is 5.66. The molecule has 1 aromatic heterocycles. The van der Waals surface area contributed by atoms with Crippen LogP contribution in [0.1, 0.15) is 24.0 Å². The zero-order valence-electron chi connectivity index (χ0n) is 17.5. The summed E-state index contributed by atoms with van der Waals surface area (Å²) in [4.78, 5) is 20.3. The zero-order valence-corrected chi connectivity index (χ0v) is 19.1. The van der Waals surface area contributed by atoms with Gasteiger partial charge in [0.25, 0.3) is 5.19 Å². The van der Waals surface area contributed by atoms with Crippen molar-refractivity contribution in [2.75, 3.05) is 26.0 Å². The summed E-state index contributed by atoms with van der Waals surface area (Å²) >= 11 is 3.18. The molecule has 0 aliphatic carbocycles. The highest BCUT2D eigenvalue weighted by molar-refractivity contribution is 8.00. The van der Waals surface area contributed by atoms with E-state index in [9.17, 15) is 4.79 Å². The molecule has 0 unspecified atom stereocenters. The molecule has 1 aliphatic heterocycles. The standard InChI is InChI=1S/C23H26N2O3S2/c1-15-4-5-16(2)22-21(15)24-23(30-22)28-18-10-12-25(13-11-18)20(26)14-29-19-8-6-17(27-3)7-9-19/h4-9,18H,10-14H2,1-3H3. The predicted molar refractivity (Wildman–Crippen MR) is 123 cm³/mol. The van der Waals surface area contributed by atoms with Crippen LogP contribution < -0.4 is 9.47 Å². The van der Waals surface area contributed by atoms with Gasteiger partial charge in [-0.3, -0.25) is 4.79 Å². The summed E-state index contributed by atoms with van der Waals surface area (Å²) in [6, 6.07) is 12.0. The number of ether oxygens (including phenoxy) is 2. The van der Waals surface area contributed by atoms with Crippen LogP contribution in [0.3, 0.4) is 0 Å². The van der Waals surface area contributed by atoms with Crippen molar-refractivity contribution >= 4 is 39.2 Å². The highest BCUT2D eigenvalue weighted by atomic mass is 32.2. The Kier molecular flexibility index (Phi) is 6.49. The molecule has 2 aromatic carbocycles. The van der Waals surface area contributed by atoms with Gasteiger partial charge in [0.1, 0.15) is 11.9 Å². The van der Waals surface area contributed by atoms with Gasteiger partial charge in [-0.15, -0.1) is 11.8 Å². The van der Waals surface area contributed by atoms with Gasteiger partial charge in [-0.2, -0.15) is 0 Å². The van der Waals surface area contributed by atoms with E-state index in [0.717, 1.165) is 47.3 Å². The number of carbonyl (C=O) groups is 1. The maximum atomic E-state index is 12.6.